The molecule has 0 bridgehead atoms. The first-order valence-corrected chi connectivity index (χ1v) is 10.6. The third-order valence-corrected chi connectivity index (χ3v) is 5.04. The van der Waals surface area contributed by atoms with Crippen LogP contribution in [0.4, 0.5) is 5.69 Å². The lowest BCUT2D eigenvalue weighted by atomic mass is 10.1. The molecule has 3 heteroatoms. The maximum Gasteiger partial charge on any atom is 0.251 e. The molecule has 3 nitrogen and oxygen atoms in total. The lowest BCUT2D eigenvalue weighted by Gasteiger charge is -2.21. The molecule has 1 amide bonds. The molecule has 4 rings (SSSR count). The van der Waals surface area contributed by atoms with Gasteiger partial charge in [0.25, 0.3) is 5.91 Å². The van der Waals surface area contributed by atoms with Gasteiger partial charge in [0.15, 0.2) is 0 Å². The van der Waals surface area contributed by atoms with Crippen molar-refractivity contribution in [1.29, 1.82) is 0 Å². The summed E-state index contributed by atoms with van der Waals surface area (Å²) in [5.74, 6) is 0.698. The number of para-hydroxylation sites is 1. The fraction of sp³-hybridized carbons (Fsp3) is 0.0690. The zero-order valence-corrected chi connectivity index (χ0v) is 17.8. The van der Waals surface area contributed by atoms with Gasteiger partial charge >= 0.3 is 0 Å². The normalized spacial score (nSPS) is 10.8. The van der Waals surface area contributed by atoms with E-state index in [1.54, 1.807) is 11.0 Å². The van der Waals surface area contributed by atoms with Gasteiger partial charge in [0, 0.05) is 11.8 Å². The largest absolute Gasteiger partial charge is 0.489 e. The van der Waals surface area contributed by atoms with E-state index in [9.17, 15) is 4.79 Å². The first-order chi connectivity index (χ1) is 15.8. The smallest absolute Gasteiger partial charge is 0.251 e. The topological polar surface area (TPSA) is 29.5 Å². The molecule has 4 aromatic carbocycles. The van der Waals surface area contributed by atoms with Crippen molar-refractivity contribution < 1.29 is 9.53 Å². The number of hydrogen-bond donors (Lipinski definition) is 0. The molecule has 0 saturated heterocycles. The Hall–Kier alpha value is -4.11. The van der Waals surface area contributed by atoms with Gasteiger partial charge in [-0.05, 0) is 47.0 Å². The molecule has 0 unspecified atom stereocenters. The van der Waals surface area contributed by atoms with Crippen molar-refractivity contribution >= 4 is 17.7 Å². The second kappa shape index (κ2) is 10.8. The van der Waals surface area contributed by atoms with E-state index < -0.39 is 0 Å². The number of benzene rings is 4. The number of nitrogens with zero attached hydrogens (tertiary/aromatic N) is 1. The van der Waals surface area contributed by atoms with Gasteiger partial charge in [-0.15, -0.1) is 0 Å². The van der Waals surface area contributed by atoms with Crippen LogP contribution in [0.2, 0.25) is 0 Å². The summed E-state index contributed by atoms with van der Waals surface area (Å²) in [6.45, 7) is 1.01. The van der Waals surface area contributed by atoms with Gasteiger partial charge < -0.3 is 9.64 Å². The van der Waals surface area contributed by atoms with Gasteiger partial charge in [-0.2, -0.15) is 0 Å². The number of hydrogen-bond acceptors (Lipinski definition) is 2. The molecule has 0 atom stereocenters. The predicted octanol–water partition coefficient (Wildman–Crippen LogP) is 6.51. The van der Waals surface area contributed by atoms with Crippen LogP contribution < -0.4 is 9.64 Å². The van der Waals surface area contributed by atoms with Crippen LogP contribution in [0.5, 0.6) is 5.75 Å². The van der Waals surface area contributed by atoms with E-state index in [1.165, 1.54) is 0 Å². The number of rotatable bonds is 8. The first-order valence-electron chi connectivity index (χ1n) is 10.6. The fourth-order valence-corrected chi connectivity index (χ4v) is 3.38. The van der Waals surface area contributed by atoms with Gasteiger partial charge in [-0.25, -0.2) is 0 Å². The molecule has 0 aliphatic heterocycles. The van der Waals surface area contributed by atoms with E-state index in [1.807, 2.05) is 121 Å². The summed E-state index contributed by atoms with van der Waals surface area (Å²) in [5.41, 5.74) is 3.97. The van der Waals surface area contributed by atoms with Gasteiger partial charge in [0.2, 0.25) is 0 Å². The number of anilines is 1. The minimum absolute atomic E-state index is 0.0735. The fourth-order valence-electron chi connectivity index (χ4n) is 3.38. The molecule has 0 radical (unpaired) electrons. The Kier molecular flexibility index (Phi) is 7.12. The molecule has 32 heavy (non-hydrogen) atoms. The SMILES string of the molecule is O=C(/C=C/c1cccc(OCc2ccccc2)c1)N(Cc1ccccc1)c1ccccc1. The van der Waals surface area contributed by atoms with Crippen molar-refractivity contribution in [3.05, 3.63) is 138 Å². The van der Waals surface area contributed by atoms with Gasteiger partial charge in [0.1, 0.15) is 12.4 Å². The molecule has 0 fully saturated rings. The molecular formula is C29H25NO2. The summed E-state index contributed by atoms with van der Waals surface area (Å²) in [5, 5.41) is 0. The highest BCUT2D eigenvalue weighted by molar-refractivity contribution is 6.03. The highest BCUT2D eigenvalue weighted by Gasteiger charge is 2.13. The minimum Gasteiger partial charge on any atom is -0.489 e. The molecule has 0 N–H and O–H groups in total. The third kappa shape index (κ3) is 5.96. The maximum absolute atomic E-state index is 13.1. The first kappa shape index (κ1) is 21.1. The molecule has 0 saturated carbocycles. The van der Waals surface area contributed by atoms with E-state index in [0.29, 0.717) is 13.2 Å². The maximum atomic E-state index is 13.1. The summed E-state index contributed by atoms with van der Waals surface area (Å²) < 4.78 is 5.91. The van der Waals surface area contributed by atoms with Crippen LogP contribution in [0.3, 0.4) is 0 Å². The Labute approximate surface area is 189 Å². The van der Waals surface area contributed by atoms with E-state index in [4.69, 9.17) is 4.74 Å². The number of amides is 1. The van der Waals surface area contributed by atoms with Crippen molar-refractivity contribution in [3.63, 3.8) is 0 Å². The van der Waals surface area contributed by atoms with E-state index in [2.05, 4.69) is 0 Å². The van der Waals surface area contributed by atoms with Gasteiger partial charge in [-0.1, -0.05) is 91.0 Å². The van der Waals surface area contributed by atoms with Crippen molar-refractivity contribution in [2.45, 2.75) is 13.2 Å². The molecule has 0 aliphatic carbocycles. The van der Waals surface area contributed by atoms with Crippen molar-refractivity contribution in [2.24, 2.45) is 0 Å². The number of ether oxygens (including phenoxy) is 1. The van der Waals surface area contributed by atoms with Crippen LogP contribution >= 0.6 is 0 Å². The molecule has 0 aromatic heterocycles. The van der Waals surface area contributed by atoms with Crippen molar-refractivity contribution in [3.8, 4) is 5.75 Å². The van der Waals surface area contributed by atoms with Crippen LogP contribution in [-0.4, -0.2) is 5.91 Å². The summed E-state index contributed by atoms with van der Waals surface area (Å²) >= 11 is 0. The zero-order valence-electron chi connectivity index (χ0n) is 17.8. The molecule has 0 heterocycles. The average molecular weight is 420 g/mol. The van der Waals surface area contributed by atoms with Gasteiger partial charge in [0.05, 0.1) is 6.54 Å². The quantitative estimate of drug-likeness (QED) is 0.305. The second-order valence-corrected chi connectivity index (χ2v) is 7.43. The monoisotopic (exact) mass is 419 g/mol. The summed E-state index contributed by atoms with van der Waals surface area (Å²) in [4.78, 5) is 14.9. The van der Waals surface area contributed by atoms with Crippen molar-refractivity contribution in [1.82, 2.24) is 0 Å². The summed E-state index contributed by atoms with van der Waals surface area (Å²) in [6, 6.07) is 37.6. The van der Waals surface area contributed by atoms with Crippen LogP contribution in [0.15, 0.2) is 121 Å². The summed E-state index contributed by atoms with van der Waals surface area (Å²) in [7, 11) is 0. The van der Waals surface area contributed by atoms with Gasteiger partial charge in [-0.3, -0.25) is 4.79 Å². The average Bonchev–Trinajstić information content (AvgIpc) is 2.87. The number of carbonyl (C=O) groups excluding carboxylic acids is 1. The lowest BCUT2D eigenvalue weighted by molar-refractivity contribution is -0.114. The Morgan fingerprint density at radius 2 is 1.34 bits per heavy atom. The van der Waals surface area contributed by atoms with E-state index in [-0.39, 0.29) is 5.91 Å². The van der Waals surface area contributed by atoms with E-state index in [0.717, 1.165) is 28.1 Å². The predicted molar refractivity (Wildman–Crippen MR) is 130 cm³/mol. The second-order valence-electron chi connectivity index (χ2n) is 7.43. The van der Waals surface area contributed by atoms with Crippen LogP contribution in [0.25, 0.3) is 6.08 Å². The van der Waals surface area contributed by atoms with Crippen LogP contribution in [0, 0.1) is 0 Å². The molecule has 4 aromatic rings. The lowest BCUT2D eigenvalue weighted by Crippen LogP contribution is -2.28. The number of carbonyl (C=O) groups is 1. The minimum atomic E-state index is -0.0735. The third-order valence-electron chi connectivity index (χ3n) is 5.04. The molecule has 0 spiro atoms. The molecular weight excluding hydrogens is 394 g/mol. The van der Waals surface area contributed by atoms with Crippen molar-refractivity contribution in [2.75, 3.05) is 4.90 Å². The molecule has 158 valence electrons. The zero-order chi connectivity index (χ0) is 22.0. The van der Waals surface area contributed by atoms with Crippen LogP contribution in [-0.2, 0) is 17.9 Å². The highest BCUT2D eigenvalue weighted by atomic mass is 16.5. The van der Waals surface area contributed by atoms with E-state index >= 15 is 0 Å². The standard InChI is InChI=1S/C29H25NO2/c31-29(30(27-16-8-3-9-17-27)22-25-11-4-1-5-12-25)20-19-24-15-10-18-28(21-24)32-23-26-13-6-2-7-14-26/h1-21H,22-23H2/b20-19+. The Morgan fingerprint density at radius 3 is 2.03 bits per heavy atom. The Bertz CT molecular complexity index is 1160. The Balaban J connectivity index is 1.47. The Morgan fingerprint density at radius 1 is 0.719 bits per heavy atom. The summed E-state index contributed by atoms with van der Waals surface area (Å²) in [6.07, 6.45) is 3.45. The van der Waals surface area contributed by atoms with Crippen LogP contribution in [0.1, 0.15) is 16.7 Å². The molecule has 0 aliphatic rings. The highest BCUT2D eigenvalue weighted by Crippen LogP contribution is 2.19.